The first-order valence-electron chi connectivity index (χ1n) is 8.86. The van der Waals surface area contributed by atoms with E-state index in [9.17, 15) is 9.59 Å². The van der Waals surface area contributed by atoms with Crippen LogP contribution in [0.25, 0.3) is 10.9 Å². The van der Waals surface area contributed by atoms with Gasteiger partial charge in [-0.2, -0.15) is 0 Å². The topological polar surface area (TPSA) is 62.4 Å². The molecular formula is C21H18N2O3. The molecule has 0 unspecified atom stereocenters. The Morgan fingerprint density at radius 2 is 1.88 bits per heavy atom. The molecule has 5 nitrogen and oxygen atoms in total. The molecular weight excluding hydrogens is 328 g/mol. The van der Waals surface area contributed by atoms with Crippen molar-refractivity contribution in [1.82, 2.24) is 9.88 Å². The number of carbonyl (C=O) groups excluding carboxylic acids is 2. The van der Waals surface area contributed by atoms with E-state index in [1.807, 2.05) is 59.6 Å². The van der Waals surface area contributed by atoms with Gasteiger partial charge in [0.15, 0.2) is 0 Å². The third kappa shape index (κ3) is 2.17. The summed E-state index contributed by atoms with van der Waals surface area (Å²) in [4.78, 5) is 30.0. The van der Waals surface area contributed by atoms with Crippen LogP contribution in [0.3, 0.4) is 0 Å². The third-order valence-electron chi connectivity index (χ3n) is 5.59. The minimum atomic E-state index is -0.576. The van der Waals surface area contributed by atoms with Crippen molar-refractivity contribution < 1.29 is 14.3 Å². The molecule has 2 aliphatic rings. The molecule has 2 aromatic carbocycles. The van der Waals surface area contributed by atoms with Crippen LogP contribution in [0.4, 0.5) is 0 Å². The molecule has 1 N–H and O–H groups in total. The number of hydrogen-bond donors (Lipinski definition) is 1. The van der Waals surface area contributed by atoms with E-state index in [-0.39, 0.29) is 11.9 Å². The molecule has 0 atom stereocenters. The molecule has 0 saturated carbocycles. The van der Waals surface area contributed by atoms with Gasteiger partial charge in [-0.1, -0.05) is 24.3 Å². The van der Waals surface area contributed by atoms with Gasteiger partial charge in [0.25, 0.3) is 5.91 Å². The lowest BCUT2D eigenvalue weighted by Crippen LogP contribution is -2.45. The van der Waals surface area contributed by atoms with Crippen LogP contribution in [0.1, 0.15) is 39.1 Å². The van der Waals surface area contributed by atoms with Gasteiger partial charge in [0, 0.05) is 48.8 Å². The fourth-order valence-electron chi connectivity index (χ4n) is 4.15. The Labute approximate surface area is 150 Å². The lowest BCUT2D eigenvalue weighted by atomic mass is 9.83. The minimum Gasteiger partial charge on any atom is -0.450 e. The monoisotopic (exact) mass is 346 g/mol. The second-order valence-electron chi connectivity index (χ2n) is 7.00. The number of fused-ring (bicyclic) bond motifs is 3. The van der Waals surface area contributed by atoms with Crippen LogP contribution >= 0.6 is 0 Å². The summed E-state index contributed by atoms with van der Waals surface area (Å²) in [6, 6.07) is 15.3. The fourth-order valence-corrected chi connectivity index (χ4v) is 4.15. The maximum Gasteiger partial charge on any atom is 0.339 e. The van der Waals surface area contributed by atoms with Gasteiger partial charge in [-0.3, -0.25) is 4.79 Å². The van der Waals surface area contributed by atoms with Crippen LogP contribution in [-0.4, -0.2) is 34.8 Å². The molecule has 1 fully saturated rings. The van der Waals surface area contributed by atoms with Crippen molar-refractivity contribution in [2.75, 3.05) is 13.1 Å². The van der Waals surface area contributed by atoms with E-state index < -0.39 is 5.60 Å². The molecule has 5 heteroatoms. The van der Waals surface area contributed by atoms with Gasteiger partial charge in [0.05, 0.1) is 5.56 Å². The quantitative estimate of drug-likeness (QED) is 0.686. The number of nitrogens with one attached hydrogen (secondary N) is 1. The molecule has 3 heterocycles. The van der Waals surface area contributed by atoms with Gasteiger partial charge in [-0.15, -0.1) is 0 Å². The molecule has 130 valence electrons. The highest BCUT2D eigenvalue weighted by Crippen LogP contribution is 2.44. The van der Waals surface area contributed by atoms with Gasteiger partial charge in [0.2, 0.25) is 0 Å². The minimum absolute atomic E-state index is 0.0222. The number of amides is 1. The first-order chi connectivity index (χ1) is 12.7. The molecule has 1 spiro atoms. The number of carbonyl (C=O) groups is 2. The zero-order chi connectivity index (χ0) is 17.7. The molecule has 26 heavy (non-hydrogen) atoms. The van der Waals surface area contributed by atoms with Crippen molar-refractivity contribution in [2.24, 2.45) is 0 Å². The highest BCUT2D eigenvalue weighted by molar-refractivity contribution is 5.98. The molecule has 5 rings (SSSR count). The maximum atomic E-state index is 12.9. The van der Waals surface area contributed by atoms with Crippen LogP contribution in [0, 0.1) is 0 Å². The first kappa shape index (κ1) is 15.2. The van der Waals surface area contributed by atoms with E-state index >= 15 is 0 Å². The number of ether oxygens (including phenoxy) is 1. The normalized spacial score (nSPS) is 18.2. The number of piperidine rings is 1. The van der Waals surface area contributed by atoms with Crippen molar-refractivity contribution in [2.45, 2.75) is 18.4 Å². The average molecular weight is 346 g/mol. The van der Waals surface area contributed by atoms with E-state index in [1.165, 1.54) is 0 Å². The molecule has 0 aliphatic carbocycles. The Kier molecular flexibility index (Phi) is 3.19. The standard InChI is InChI=1S/C21H18N2O3/c24-19(15-6-5-14-7-10-22-18(14)13-15)23-11-8-21(9-12-23)17-4-2-1-3-16(17)20(25)26-21/h1-7,10,13,22H,8-9,11-12H2. The third-order valence-corrected chi connectivity index (χ3v) is 5.59. The molecule has 1 amide bonds. The first-order valence-corrected chi connectivity index (χ1v) is 8.86. The molecule has 0 bridgehead atoms. The SMILES string of the molecule is O=C1OC2(CCN(C(=O)c3ccc4cc[nH]c4c3)CC2)c2ccccc21. The van der Waals surface area contributed by atoms with E-state index in [1.54, 1.807) is 0 Å². The Bertz CT molecular complexity index is 1030. The predicted molar refractivity (Wildman–Crippen MR) is 97.0 cm³/mol. The fraction of sp³-hybridized carbons (Fsp3) is 0.238. The number of hydrogen-bond acceptors (Lipinski definition) is 3. The lowest BCUT2D eigenvalue weighted by molar-refractivity contribution is -0.0389. The Morgan fingerprint density at radius 1 is 1.08 bits per heavy atom. The summed E-state index contributed by atoms with van der Waals surface area (Å²) in [5, 5.41) is 1.09. The van der Waals surface area contributed by atoms with Crippen molar-refractivity contribution in [3.05, 3.63) is 71.4 Å². The lowest BCUT2D eigenvalue weighted by Gasteiger charge is -2.38. The summed E-state index contributed by atoms with van der Waals surface area (Å²) < 4.78 is 5.76. The number of nitrogens with zero attached hydrogens (tertiary/aromatic N) is 1. The molecule has 0 radical (unpaired) electrons. The molecule has 3 aromatic rings. The average Bonchev–Trinajstić information content (AvgIpc) is 3.25. The summed E-state index contributed by atoms with van der Waals surface area (Å²) in [6.45, 7) is 1.15. The Balaban J connectivity index is 1.37. The summed E-state index contributed by atoms with van der Waals surface area (Å²) in [5.74, 6) is -0.230. The van der Waals surface area contributed by atoms with Crippen LogP contribution in [0.15, 0.2) is 54.7 Å². The highest BCUT2D eigenvalue weighted by atomic mass is 16.6. The maximum absolute atomic E-state index is 12.9. The smallest absolute Gasteiger partial charge is 0.339 e. The van der Waals surface area contributed by atoms with E-state index in [0.29, 0.717) is 37.1 Å². The van der Waals surface area contributed by atoms with E-state index in [0.717, 1.165) is 16.5 Å². The van der Waals surface area contributed by atoms with Crippen molar-refractivity contribution in [3.8, 4) is 0 Å². The van der Waals surface area contributed by atoms with Gasteiger partial charge >= 0.3 is 5.97 Å². The second kappa shape index (κ2) is 5.46. The Morgan fingerprint density at radius 3 is 2.73 bits per heavy atom. The van der Waals surface area contributed by atoms with E-state index in [4.69, 9.17) is 4.74 Å². The zero-order valence-electron chi connectivity index (χ0n) is 14.2. The molecule has 2 aliphatic heterocycles. The van der Waals surface area contributed by atoms with Crippen LogP contribution < -0.4 is 0 Å². The van der Waals surface area contributed by atoms with Crippen LogP contribution in [0.5, 0.6) is 0 Å². The van der Waals surface area contributed by atoms with Gasteiger partial charge in [-0.05, 0) is 29.7 Å². The van der Waals surface area contributed by atoms with Crippen molar-refractivity contribution in [3.63, 3.8) is 0 Å². The number of aromatic nitrogens is 1. The number of rotatable bonds is 1. The number of H-pyrrole nitrogens is 1. The second-order valence-corrected chi connectivity index (χ2v) is 7.00. The van der Waals surface area contributed by atoms with Crippen LogP contribution in [0.2, 0.25) is 0 Å². The summed E-state index contributed by atoms with van der Waals surface area (Å²) in [7, 11) is 0. The van der Waals surface area contributed by atoms with Crippen molar-refractivity contribution >= 4 is 22.8 Å². The number of benzene rings is 2. The summed E-state index contributed by atoms with van der Waals surface area (Å²) >= 11 is 0. The van der Waals surface area contributed by atoms with Crippen LogP contribution in [-0.2, 0) is 10.3 Å². The summed E-state index contributed by atoms with van der Waals surface area (Å²) in [5.41, 5.74) is 2.69. The number of esters is 1. The number of aromatic amines is 1. The predicted octanol–water partition coefficient (Wildman–Crippen LogP) is 3.47. The molecule has 1 saturated heterocycles. The largest absolute Gasteiger partial charge is 0.450 e. The number of likely N-dealkylation sites (tertiary alicyclic amines) is 1. The van der Waals surface area contributed by atoms with Gasteiger partial charge in [-0.25, -0.2) is 4.79 Å². The summed E-state index contributed by atoms with van der Waals surface area (Å²) in [6.07, 6.45) is 3.13. The van der Waals surface area contributed by atoms with Crippen molar-refractivity contribution in [1.29, 1.82) is 0 Å². The van der Waals surface area contributed by atoms with E-state index in [2.05, 4.69) is 4.98 Å². The van der Waals surface area contributed by atoms with Gasteiger partial charge in [0.1, 0.15) is 5.60 Å². The van der Waals surface area contributed by atoms with Gasteiger partial charge < -0.3 is 14.6 Å². The highest BCUT2D eigenvalue weighted by Gasteiger charge is 2.47. The molecule has 1 aromatic heterocycles. The zero-order valence-corrected chi connectivity index (χ0v) is 14.2. The Hall–Kier alpha value is -3.08.